The van der Waals surface area contributed by atoms with Crippen LogP contribution in [0.5, 0.6) is 17.2 Å². The van der Waals surface area contributed by atoms with Crippen molar-refractivity contribution in [2.45, 2.75) is 51.5 Å². The van der Waals surface area contributed by atoms with E-state index in [0.29, 0.717) is 40.8 Å². The number of hydrogen-bond acceptors (Lipinski definition) is 9. The molecule has 0 aliphatic heterocycles. The van der Waals surface area contributed by atoms with Gasteiger partial charge in [-0.25, -0.2) is 4.98 Å². The second kappa shape index (κ2) is 12.2. The molecule has 3 N–H and O–H groups in total. The largest absolute Gasteiger partial charge is 0.493 e. The average molecular weight is 579 g/mol. The maximum absolute atomic E-state index is 13.4. The lowest BCUT2D eigenvalue weighted by Crippen LogP contribution is -2.27. The fourth-order valence-electron chi connectivity index (χ4n) is 5.60. The highest BCUT2D eigenvalue weighted by molar-refractivity contribution is 7.15. The van der Waals surface area contributed by atoms with Crippen LogP contribution in [0.3, 0.4) is 0 Å². The first-order valence-corrected chi connectivity index (χ1v) is 14.4. The van der Waals surface area contributed by atoms with E-state index in [1.807, 2.05) is 12.1 Å². The molecule has 1 unspecified atom stereocenters. The van der Waals surface area contributed by atoms with E-state index in [1.54, 1.807) is 27.4 Å². The van der Waals surface area contributed by atoms with Gasteiger partial charge in [-0.1, -0.05) is 6.07 Å². The van der Waals surface area contributed by atoms with Crippen LogP contribution >= 0.6 is 11.3 Å². The van der Waals surface area contributed by atoms with Crippen LogP contribution in [0.15, 0.2) is 29.1 Å². The SMILES string of the molecule is COc1cc2c(c(OC)c1OC)-c1ccc(NCC(=O)Nc3nc4c(s3)CCCC4)c(=O)cc1C(NC(C)=O)CC2. The molecule has 1 heterocycles. The molecule has 2 aliphatic carbocycles. The predicted molar refractivity (Wildman–Crippen MR) is 159 cm³/mol. The molecule has 3 aromatic rings. The van der Waals surface area contributed by atoms with Gasteiger partial charge in [0.05, 0.1) is 45.3 Å². The minimum Gasteiger partial charge on any atom is -0.493 e. The van der Waals surface area contributed by atoms with Gasteiger partial charge < -0.3 is 30.2 Å². The van der Waals surface area contributed by atoms with Gasteiger partial charge in [-0.05, 0) is 73.4 Å². The Morgan fingerprint density at radius 1 is 1.02 bits per heavy atom. The van der Waals surface area contributed by atoms with Crippen molar-refractivity contribution in [3.8, 4) is 28.4 Å². The quantitative estimate of drug-likeness (QED) is 0.362. The Balaban J connectivity index is 1.50. The molecule has 5 rings (SSSR count). The number of carbonyl (C=O) groups is 2. The number of nitrogens with one attached hydrogen (secondary N) is 3. The summed E-state index contributed by atoms with van der Waals surface area (Å²) in [6, 6.07) is 6.49. The Morgan fingerprint density at radius 3 is 2.51 bits per heavy atom. The van der Waals surface area contributed by atoms with Crippen molar-refractivity contribution in [3.63, 3.8) is 0 Å². The van der Waals surface area contributed by atoms with Gasteiger partial charge in [0.25, 0.3) is 0 Å². The molecule has 41 heavy (non-hydrogen) atoms. The molecule has 0 radical (unpaired) electrons. The summed E-state index contributed by atoms with van der Waals surface area (Å²) in [4.78, 5) is 44.1. The third kappa shape index (κ3) is 5.85. The maximum Gasteiger partial charge on any atom is 0.245 e. The number of fused-ring (bicyclic) bond motifs is 4. The number of rotatable bonds is 8. The third-order valence-electron chi connectivity index (χ3n) is 7.45. The molecule has 10 nitrogen and oxygen atoms in total. The number of carbonyl (C=O) groups excluding carboxylic acids is 2. The Kier molecular flexibility index (Phi) is 8.44. The molecule has 11 heteroatoms. The summed E-state index contributed by atoms with van der Waals surface area (Å²) in [7, 11) is 4.66. The van der Waals surface area contributed by atoms with E-state index in [2.05, 4.69) is 20.9 Å². The monoisotopic (exact) mass is 578 g/mol. The first-order valence-electron chi connectivity index (χ1n) is 13.6. The number of hydrogen-bond donors (Lipinski definition) is 3. The van der Waals surface area contributed by atoms with Gasteiger partial charge in [0.1, 0.15) is 0 Å². The number of nitrogens with zero attached hydrogens (tertiary/aromatic N) is 1. The van der Waals surface area contributed by atoms with Crippen LogP contribution in [0.1, 0.15) is 53.9 Å². The lowest BCUT2D eigenvalue weighted by molar-refractivity contribution is -0.119. The highest BCUT2D eigenvalue weighted by atomic mass is 32.1. The number of amides is 2. The van der Waals surface area contributed by atoms with E-state index in [1.165, 1.54) is 29.2 Å². The predicted octanol–water partition coefficient (Wildman–Crippen LogP) is 4.25. The summed E-state index contributed by atoms with van der Waals surface area (Å²) >= 11 is 1.52. The number of thiazole rings is 1. The van der Waals surface area contributed by atoms with Crippen LogP contribution < -0.4 is 35.6 Å². The molecule has 1 aromatic heterocycles. The van der Waals surface area contributed by atoms with Gasteiger partial charge in [-0.15, -0.1) is 11.3 Å². The fraction of sp³-hybridized carbons (Fsp3) is 0.400. The standard InChI is InChI=1S/C30H34N4O6S/c1-16(35)32-20-11-9-17-13-24(38-2)28(39-3)29(40-4)27(17)18-10-12-21(23(36)14-19(18)20)31-15-26(37)34-30-33-22-7-5-6-8-25(22)41-30/h10,12-14,20H,5-9,11,15H2,1-4H3,(H,31,36)(H,32,35)(H,33,34,37). The molecule has 1 atom stereocenters. The van der Waals surface area contributed by atoms with Gasteiger partial charge in [0.2, 0.25) is 23.0 Å². The number of ether oxygens (including phenoxy) is 3. The lowest BCUT2D eigenvalue weighted by Gasteiger charge is -2.19. The number of methoxy groups -OCH3 is 3. The van der Waals surface area contributed by atoms with Crippen molar-refractivity contribution in [1.82, 2.24) is 10.3 Å². The number of anilines is 2. The lowest BCUT2D eigenvalue weighted by atomic mass is 9.95. The number of benzene rings is 1. The van der Waals surface area contributed by atoms with Gasteiger partial charge in [-0.3, -0.25) is 14.4 Å². The topological polar surface area (TPSA) is 128 Å². The van der Waals surface area contributed by atoms with Gasteiger partial charge in [-0.2, -0.15) is 0 Å². The molecule has 2 aromatic carbocycles. The second-order valence-corrected chi connectivity index (χ2v) is 11.2. The first-order chi connectivity index (χ1) is 19.8. The van der Waals surface area contributed by atoms with E-state index in [9.17, 15) is 14.4 Å². The first kappa shape index (κ1) is 28.4. The summed E-state index contributed by atoms with van der Waals surface area (Å²) in [5.74, 6) is 0.952. The van der Waals surface area contributed by atoms with Crippen molar-refractivity contribution < 1.29 is 23.8 Å². The molecule has 0 fully saturated rings. The van der Waals surface area contributed by atoms with Crippen molar-refractivity contribution in [2.75, 3.05) is 38.5 Å². The van der Waals surface area contributed by atoms with E-state index in [4.69, 9.17) is 14.2 Å². The van der Waals surface area contributed by atoms with Crippen molar-refractivity contribution in [3.05, 3.63) is 56.2 Å². The zero-order valence-electron chi connectivity index (χ0n) is 23.6. The second-order valence-electron chi connectivity index (χ2n) is 10.1. The van der Waals surface area contributed by atoms with E-state index >= 15 is 0 Å². The Bertz CT molecular complexity index is 1530. The molecule has 2 amide bonds. The zero-order chi connectivity index (χ0) is 29.1. The molecule has 0 saturated carbocycles. The van der Waals surface area contributed by atoms with E-state index in [0.717, 1.165) is 48.1 Å². The van der Waals surface area contributed by atoms with Gasteiger partial charge in [0.15, 0.2) is 16.6 Å². The van der Waals surface area contributed by atoms with Crippen LogP contribution in [0.4, 0.5) is 10.8 Å². The highest BCUT2D eigenvalue weighted by Gasteiger charge is 2.29. The minimum atomic E-state index is -0.413. The van der Waals surface area contributed by atoms with E-state index < -0.39 is 6.04 Å². The summed E-state index contributed by atoms with van der Waals surface area (Å²) in [5, 5.41) is 9.43. The summed E-state index contributed by atoms with van der Waals surface area (Å²) in [6.07, 6.45) is 5.37. The van der Waals surface area contributed by atoms with Crippen LogP contribution in [-0.4, -0.2) is 44.7 Å². The molecular weight excluding hydrogens is 544 g/mol. The Hall–Kier alpha value is -4.12. The van der Waals surface area contributed by atoms with Crippen molar-refractivity contribution in [2.24, 2.45) is 0 Å². The van der Waals surface area contributed by atoms with Gasteiger partial charge in [0, 0.05) is 17.4 Å². The van der Waals surface area contributed by atoms with Crippen LogP contribution in [-0.2, 0) is 28.9 Å². The third-order valence-corrected chi connectivity index (χ3v) is 8.52. The normalized spacial score (nSPS) is 15.4. The summed E-state index contributed by atoms with van der Waals surface area (Å²) < 4.78 is 17.0. The average Bonchev–Trinajstić information content (AvgIpc) is 3.22. The van der Waals surface area contributed by atoms with Crippen LogP contribution in [0, 0.1) is 0 Å². The molecule has 0 spiro atoms. The van der Waals surface area contributed by atoms with Gasteiger partial charge >= 0.3 is 0 Å². The summed E-state index contributed by atoms with van der Waals surface area (Å²) in [5.41, 5.74) is 4.10. The zero-order valence-corrected chi connectivity index (χ0v) is 24.5. The smallest absolute Gasteiger partial charge is 0.245 e. The number of aromatic nitrogens is 1. The van der Waals surface area contributed by atoms with Crippen LogP contribution in [0.2, 0.25) is 0 Å². The Labute approximate surface area is 242 Å². The molecule has 0 bridgehead atoms. The Morgan fingerprint density at radius 2 is 1.80 bits per heavy atom. The molecular formula is C30H34N4O6S. The summed E-state index contributed by atoms with van der Waals surface area (Å²) in [6.45, 7) is 1.35. The molecule has 216 valence electrons. The number of aryl methyl sites for hydroxylation is 3. The van der Waals surface area contributed by atoms with E-state index in [-0.39, 0.29) is 29.5 Å². The minimum absolute atomic E-state index is 0.103. The van der Waals surface area contributed by atoms with Crippen molar-refractivity contribution in [1.29, 1.82) is 0 Å². The van der Waals surface area contributed by atoms with Crippen LogP contribution in [0.25, 0.3) is 11.1 Å². The molecule has 2 aliphatic rings. The maximum atomic E-state index is 13.4. The highest BCUT2D eigenvalue weighted by Crippen LogP contribution is 2.50. The fourth-order valence-corrected chi connectivity index (χ4v) is 6.66. The van der Waals surface area contributed by atoms with Crippen molar-refractivity contribution >= 4 is 34.0 Å². The molecule has 0 saturated heterocycles.